The summed E-state index contributed by atoms with van der Waals surface area (Å²) in [5.41, 5.74) is 4.07. The molecule has 2 aromatic rings. The van der Waals surface area contributed by atoms with Crippen molar-refractivity contribution in [2.75, 3.05) is 12.0 Å². The summed E-state index contributed by atoms with van der Waals surface area (Å²) in [6.45, 7) is 2.63. The molecule has 0 aliphatic rings. The van der Waals surface area contributed by atoms with E-state index in [1.807, 2.05) is 13.0 Å². The quantitative estimate of drug-likeness (QED) is 0.460. The van der Waals surface area contributed by atoms with Crippen molar-refractivity contribution < 1.29 is 9.66 Å². The smallest absolute Gasteiger partial charge is 0.271 e. The van der Waals surface area contributed by atoms with E-state index in [4.69, 9.17) is 16.3 Å². The zero-order chi connectivity index (χ0) is 16.7. The molecular formula is C16H16ClN3O3. The Balaban J connectivity index is 2.01. The van der Waals surface area contributed by atoms with Crippen molar-refractivity contribution in [1.82, 2.24) is 0 Å². The van der Waals surface area contributed by atoms with Crippen LogP contribution in [0.25, 0.3) is 0 Å². The molecule has 0 heterocycles. The van der Waals surface area contributed by atoms with Crippen LogP contribution < -0.4 is 10.2 Å². The van der Waals surface area contributed by atoms with Crippen molar-refractivity contribution in [3.05, 3.63) is 63.2 Å². The third-order valence-corrected chi connectivity index (χ3v) is 3.18. The molecule has 0 spiro atoms. The molecular weight excluding hydrogens is 318 g/mol. The summed E-state index contributed by atoms with van der Waals surface area (Å²) < 4.78 is 5.49. The van der Waals surface area contributed by atoms with Crippen LogP contribution >= 0.6 is 11.6 Å². The average molecular weight is 334 g/mol. The standard InChI is InChI=1S/C16H16ClN3O3/c1-2-8-23-16-7-6-12(9-15(16)17)11-18-19-13-4-3-5-14(10-13)20(21)22/h3-7,9-11,19H,2,8H2,1H3. The Kier molecular flexibility index (Phi) is 5.94. The van der Waals surface area contributed by atoms with Crippen LogP contribution in [0.5, 0.6) is 5.75 Å². The molecule has 0 aliphatic carbocycles. The lowest BCUT2D eigenvalue weighted by atomic mass is 10.2. The second kappa shape index (κ2) is 8.14. The van der Waals surface area contributed by atoms with Gasteiger partial charge in [0.15, 0.2) is 0 Å². The molecule has 0 atom stereocenters. The van der Waals surface area contributed by atoms with Crippen molar-refractivity contribution in [1.29, 1.82) is 0 Å². The molecule has 0 fully saturated rings. The number of anilines is 1. The van der Waals surface area contributed by atoms with Gasteiger partial charge in [-0.05, 0) is 36.2 Å². The Morgan fingerprint density at radius 2 is 2.17 bits per heavy atom. The highest BCUT2D eigenvalue weighted by Crippen LogP contribution is 2.25. The maximum Gasteiger partial charge on any atom is 0.271 e. The number of nitro benzene ring substituents is 1. The second-order valence-corrected chi connectivity index (χ2v) is 5.12. The van der Waals surface area contributed by atoms with Gasteiger partial charge in [0.25, 0.3) is 5.69 Å². The zero-order valence-corrected chi connectivity index (χ0v) is 13.3. The van der Waals surface area contributed by atoms with Gasteiger partial charge in [-0.3, -0.25) is 15.5 Å². The van der Waals surface area contributed by atoms with E-state index in [1.54, 1.807) is 30.5 Å². The first kappa shape index (κ1) is 16.8. The lowest BCUT2D eigenvalue weighted by molar-refractivity contribution is -0.384. The number of hydrogen-bond donors (Lipinski definition) is 1. The van der Waals surface area contributed by atoms with Gasteiger partial charge in [0, 0.05) is 12.1 Å². The van der Waals surface area contributed by atoms with E-state index in [-0.39, 0.29) is 5.69 Å². The monoisotopic (exact) mass is 333 g/mol. The fourth-order valence-corrected chi connectivity index (χ4v) is 2.04. The van der Waals surface area contributed by atoms with Gasteiger partial charge in [-0.1, -0.05) is 24.6 Å². The first-order valence-electron chi connectivity index (χ1n) is 7.06. The minimum atomic E-state index is -0.455. The Morgan fingerprint density at radius 3 is 2.87 bits per heavy atom. The molecule has 1 N–H and O–H groups in total. The van der Waals surface area contributed by atoms with Crippen LogP contribution in [-0.2, 0) is 0 Å². The van der Waals surface area contributed by atoms with Crippen molar-refractivity contribution in [3.8, 4) is 5.75 Å². The normalized spacial score (nSPS) is 10.7. The molecule has 0 radical (unpaired) electrons. The van der Waals surface area contributed by atoms with E-state index in [2.05, 4.69) is 10.5 Å². The minimum Gasteiger partial charge on any atom is -0.492 e. The molecule has 0 aliphatic heterocycles. The third-order valence-electron chi connectivity index (χ3n) is 2.88. The van der Waals surface area contributed by atoms with Gasteiger partial charge in [-0.25, -0.2) is 0 Å². The highest BCUT2D eigenvalue weighted by atomic mass is 35.5. The van der Waals surface area contributed by atoms with Crippen LogP contribution in [0.15, 0.2) is 47.6 Å². The lowest BCUT2D eigenvalue weighted by Crippen LogP contribution is -1.96. The van der Waals surface area contributed by atoms with Crippen LogP contribution in [0.3, 0.4) is 0 Å². The van der Waals surface area contributed by atoms with Gasteiger partial charge in [-0.15, -0.1) is 0 Å². The van der Waals surface area contributed by atoms with Crippen molar-refractivity contribution in [2.45, 2.75) is 13.3 Å². The van der Waals surface area contributed by atoms with Gasteiger partial charge >= 0.3 is 0 Å². The predicted molar refractivity (Wildman–Crippen MR) is 91.6 cm³/mol. The molecule has 6 nitrogen and oxygen atoms in total. The van der Waals surface area contributed by atoms with Gasteiger partial charge in [-0.2, -0.15) is 5.10 Å². The van der Waals surface area contributed by atoms with Gasteiger partial charge < -0.3 is 4.74 Å². The molecule has 0 aromatic heterocycles. The molecule has 120 valence electrons. The van der Waals surface area contributed by atoms with Gasteiger partial charge in [0.05, 0.1) is 28.5 Å². The van der Waals surface area contributed by atoms with E-state index in [0.29, 0.717) is 23.1 Å². The van der Waals surface area contributed by atoms with Crippen LogP contribution in [0.1, 0.15) is 18.9 Å². The number of nitrogens with one attached hydrogen (secondary N) is 1. The minimum absolute atomic E-state index is 0.00525. The van der Waals surface area contributed by atoms with Gasteiger partial charge in [0.1, 0.15) is 5.75 Å². The average Bonchev–Trinajstić information content (AvgIpc) is 2.54. The molecule has 0 saturated heterocycles. The first-order chi connectivity index (χ1) is 11.1. The van der Waals surface area contributed by atoms with Crippen molar-refractivity contribution in [2.24, 2.45) is 5.10 Å². The number of hydrazone groups is 1. The number of ether oxygens (including phenoxy) is 1. The summed E-state index contributed by atoms with van der Waals surface area (Å²) in [5, 5.41) is 15.3. The molecule has 0 bridgehead atoms. The van der Waals surface area contributed by atoms with E-state index in [1.165, 1.54) is 12.1 Å². The zero-order valence-electron chi connectivity index (χ0n) is 12.5. The SMILES string of the molecule is CCCOc1ccc(C=NNc2cccc([N+](=O)[O-])c2)cc1Cl. The largest absolute Gasteiger partial charge is 0.492 e. The summed E-state index contributed by atoms with van der Waals surface area (Å²) in [6, 6.07) is 11.5. The topological polar surface area (TPSA) is 76.8 Å². The number of hydrogen-bond acceptors (Lipinski definition) is 5. The Bertz CT molecular complexity index is 719. The second-order valence-electron chi connectivity index (χ2n) is 4.72. The predicted octanol–water partition coefficient (Wildman–Crippen LogP) is 4.48. The molecule has 2 aromatic carbocycles. The first-order valence-corrected chi connectivity index (χ1v) is 7.44. The summed E-state index contributed by atoms with van der Waals surface area (Å²) in [5.74, 6) is 0.636. The third kappa shape index (κ3) is 4.96. The van der Waals surface area contributed by atoms with Crippen LogP contribution in [0, 0.1) is 10.1 Å². The summed E-state index contributed by atoms with van der Waals surface area (Å²) >= 11 is 6.13. The molecule has 23 heavy (non-hydrogen) atoms. The van der Waals surface area contributed by atoms with E-state index in [0.717, 1.165) is 12.0 Å². The molecule has 0 amide bonds. The maximum atomic E-state index is 10.7. The fourth-order valence-electron chi connectivity index (χ4n) is 1.80. The van der Waals surface area contributed by atoms with Crippen LogP contribution in [0.4, 0.5) is 11.4 Å². The summed E-state index contributed by atoms with van der Waals surface area (Å²) in [7, 11) is 0. The highest BCUT2D eigenvalue weighted by Gasteiger charge is 2.05. The van der Waals surface area contributed by atoms with E-state index in [9.17, 15) is 10.1 Å². The number of rotatable bonds is 7. The lowest BCUT2D eigenvalue weighted by Gasteiger charge is -2.07. The Labute approximate surface area is 138 Å². The Morgan fingerprint density at radius 1 is 1.35 bits per heavy atom. The molecule has 7 heteroatoms. The van der Waals surface area contributed by atoms with Gasteiger partial charge in [0.2, 0.25) is 0 Å². The summed E-state index contributed by atoms with van der Waals surface area (Å²) in [6.07, 6.45) is 2.49. The number of benzene rings is 2. The molecule has 2 rings (SSSR count). The Hall–Kier alpha value is -2.60. The van der Waals surface area contributed by atoms with E-state index >= 15 is 0 Å². The number of nitro groups is 1. The molecule has 0 unspecified atom stereocenters. The molecule has 0 saturated carbocycles. The number of non-ortho nitro benzene ring substituents is 1. The van der Waals surface area contributed by atoms with Crippen molar-refractivity contribution in [3.63, 3.8) is 0 Å². The maximum absolute atomic E-state index is 10.7. The number of halogens is 1. The van der Waals surface area contributed by atoms with Crippen LogP contribution in [0.2, 0.25) is 5.02 Å². The van der Waals surface area contributed by atoms with Crippen LogP contribution in [-0.4, -0.2) is 17.7 Å². The highest BCUT2D eigenvalue weighted by molar-refractivity contribution is 6.32. The number of nitrogens with zero attached hydrogens (tertiary/aromatic N) is 2. The summed E-state index contributed by atoms with van der Waals surface area (Å²) in [4.78, 5) is 10.3. The van der Waals surface area contributed by atoms with E-state index < -0.39 is 4.92 Å². The van der Waals surface area contributed by atoms with Crippen molar-refractivity contribution >= 4 is 29.2 Å². The fraction of sp³-hybridized carbons (Fsp3) is 0.188.